The molecule has 0 saturated carbocycles. The number of nitrogens with zero attached hydrogens (tertiary/aromatic N) is 1. The zero-order valence-electron chi connectivity index (χ0n) is 7.70. The van der Waals surface area contributed by atoms with Crippen LogP contribution in [0.5, 0.6) is 0 Å². The Hall–Kier alpha value is -1.45. The maximum atomic E-state index is 11.3. The first-order chi connectivity index (χ1) is 6.18. The van der Waals surface area contributed by atoms with Crippen LogP contribution in [0.3, 0.4) is 0 Å². The summed E-state index contributed by atoms with van der Waals surface area (Å²) >= 11 is 0. The van der Waals surface area contributed by atoms with Crippen LogP contribution in [-0.4, -0.2) is 18.5 Å². The van der Waals surface area contributed by atoms with Crippen LogP contribution >= 0.6 is 0 Å². The highest BCUT2D eigenvalue weighted by Gasteiger charge is 2.25. The number of fused-ring (bicyclic) bond motifs is 1. The van der Waals surface area contributed by atoms with Gasteiger partial charge in [0.1, 0.15) is 5.69 Å². The molecule has 1 aromatic rings. The molecular formula is C9H12N2O2. The third kappa shape index (κ3) is 1.28. The number of nitrogens with one attached hydrogen (secondary N) is 1. The summed E-state index contributed by atoms with van der Waals surface area (Å²) in [5.41, 5.74) is 0.839. The van der Waals surface area contributed by atoms with E-state index in [9.17, 15) is 4.79 Å². The van der Waals surface area contributed by atoms with Gasteiger partial charge < -0.3 is 14.6 Å². The fourth-order valence-electron chi connectivity index (χ4n) is 1.56. The van der Waals surface area contributed by atoms with Gasteiger partial charge in [0.15, 0.2) is 0 Å². The molecule has 2 heterocycles. The van der Waals surface area contributed by atoms with Crippen LogP contribution in [0, 0.1) is 0 Å². The number of hydrogen-bond donors (Lipinski definition) is 1. The van der Waals surface area contributed by atoms with Gasteiger partial charge in [-0.25, -0.2) is 0 Å². The summed E-state index contributed by atoms with van der Waals surface area (Å²) in [4.78, 5) is 13.0. The van der Waals surface area contributed by atoms with E-state index in [-0.39, 0.29) is 11.9 Å². The summed E-state index contributed by atoms with van der Waals surface area (Å²) in [6, 6.07) is 2.04. The summed E-state index contributed by atoms with van der Waals surface area (Å²) in [6.07, 6.45) is 1.59. The molecule has 0 fully saturated rings. The summed E-state index contributed by atoms with van der Waals surface area (Å²) in [5, 5.41) is 3.16. The van der Waals surface area contributed by atoms with Crippen LogP contribution in [-0.2, 0) is 4.79 Å². The summed E-state index contributed by atoms with van der Waals surface area (Å²) in [6.45, 7) is 4.28. The Kier molecular flexibility index (Phi) is 1.76. The molecule has 1 N–H and O–H groups in total. The van der Waals surface area contributed by atoms with Crippen molar-refractivity contribution in [1.29, 1.82) is 0 Å². The van der Waals surface area contributed by atoms with Gasteiger partial charge in [-0.15, -0.1) is 0 Å². The monoisotopic (exact) mass is 180 g/mol. The van der Waals surface area contributed by atoms with Crippen LogP contribution in [0.15, 0.2) is 16.7 Å². The van der Waals surface area contributed by atoms with Crippen LogP contribution in [0.25, 0.3) is 0 Å². The van der Waals surface area contributed by atoms with Crippen LogP contribution in [0.1, 0.15) is 13.8 Å². The van der Waals surface area contributed by atoms with Gasteiger partial charge in [0.05, 0.1) is 6.26 Å². The molecule has 0 aromatic carbocycles. The molecule has 1 aliphatic heterocycles. The zero-order chi connectivity index (χ0) is 9.42. The van der Waals surface area contributed by atoms with E-state index in [1.165, 1.54) is 0 Å². The average molecular weight is 180 g/mol. The lowest BCUT2D eigenvalue weighted by Crippen LogP contribution is -2.41. The molecule has 0 aliphatic carbocycles. The summed E-state index contributed by atoms with van der Waals surface area (Å²) in [5.74, 6) is 0.741. The molecule has 1 unspecified atom stereocenters. The minimum Gasteiger partial charge on any atom is -0.447 e. The van der Waals surface area contributed by atoms with Crippen molar-refractivity contribution in [1.82, 2.24) is 0 Å². The van der Waals surface area contributed by atoms with Gasteiger partial charge in [0.25, 0.3) is 0 Å². The first kappa shape index (κ1) is 8.16. The molecule has 0 radical (unpaired) electrons. The van der Waals surface area contributed by atoms with Crippen molar-refractivity contribution in [3.63, 3.8) is 0 Å². The molecule has 0 bridgehead atoms. The highest BCUT2D eigenvalue weighted by atomic mass is 16.3. The van der Waals surface area contributed by atoms with Crippen LogP contribution in [0.4, 0.5) is 11.6 Å². The van der Waals surface area contributed by atoms with E-state index in [0.717, 1.165) is 5.69 Å². The molecule has 1 atom stereocenters. The molecule has 1 amide bonds. The average Bonchev–Trinajstić information content (AvgIpc) is 2.49. The van der Waals surface area contributed by atoms with Crippen LogP contribution < -0.4 is 10.2 Å². The Morgan fingerprint density at radius 1 is 1.77 bits per heavy atom. The van der Waals surface area contributed by atoms with Crippen molar-refractivity contribution >= 4 is 17.5 Å². The van der Waals surface area contributed by atoms with E-state index in [1.54, 1.807) is 24.2 Å². The second-order valence-electron chi connectivity index (χ2n) is 3.31. The molecule has 4 nitrogen and oxygen atoms in total. The molecule has 13 heavy (non-hydrogen) atoms. The molecule has 4 heteroatoms. The van der Waals surface area contributed by atoms with E-state index in [4.69, 9.17) is 4.42 Å². The number of rotatable bonds is 0. The number of hydrogen-bond acceptors (Lipinski definition) is 3. The number of furan rings is 1. The highest BCUT2D eigenvalue weighted by Crippen LogP contribution is 2.31. The Labute approximate surface area is 76.5 Å². The predicted molar refractivity (Wildman–Crippen MR) is 49.8 cm³/mol. The van der Waals surface area contributed by atoms with E-state index >= 15 is 0 Å². The van der Waals surface area contributed by atoms with E-state index in [2.05, 4.69) is 5.32 Å². The summed E-state index contributed by atoms with van der Waals surface area (Å²) < 4.78 is 5.20. The summed E-state index contributed by atoms with van der Waals surface area (Å²) in [7, 11) is 0. The smallest absolute Gasteiger partial charge is 0.224 e. The number of anilines is 2. The lowest BCUT2D eigenvalue weighted by Gasteiger charge is -2.30. The number of carbonyl (C=O) groups excluding carboxylic acids is 1. The van der Waals surface area contributed by atoms with Crippen molar-refractivity contribution in [3.05, 3.63) is 12.3 Å². The first-order valence-electron chi connectivity index (χ1n) is 4.30. The van der Waals surface area contributed by atoms with Crippen molar-refractivity contribution in [2.45, 2.75) is 19.9 Å². The van der Waals surface area contributed by atoms with Crippen LogP contribution in [0.2, 0.25) is 0 Å². The van der Waals surface area contributed by atoms with E-state index in [1.807, 2.05) is 6.92 Å². The number of carbonyl (C=O) groups is 1. The Morgan fingerprint density at radius 2 is 2.54 bits per heavy atom. The Morgan fingerprint density at radius 3 is 3.23 bits per heavy atom. The van der Waals surface area contributed by atoms with Crippen molar-refractivity contribution < 1.29 is 9.21 Å². The van der Waals surface area contributed by atoms with Gasteiger partial charge in [-0.2, -0.15) is 0 Å². The molecule has 1 aromatic heterocycles. The normalized spacial score (nSPS) is 20.8. The largest absolute Gasteiger partial charge is 0.447 e. The maximum absolute atomic E-state index is 11.3. The van der Waals surface area contributed by atoms with E-state index in [0.29, 0.717) is 12.4 Å². The fourth-order valence-corrected chi connectivity index (χ4v) is 1.56. The van der Waals surface area contributed by atoms with Gasteiger partial charge in [0, 0.05) is 25.6 Å². The molecule has 0 spiro atoms. The maximum Gasteiger partial charge on any atom is 0.224 e. The van der Waals surface area contributed by atoms with Crippen molar-refractivity contribution in [2.75, 3.05) is 16.8 Å². The second kappa shape index (κ2) is 2.80. The van der Waals surface area contributed by atoms with Gasteiger partial charge in [-0.1, -0.05) is 0 Å². The third-order valence-electron chi connectivity index (χ3n) is 2.15. The van der Waals surface area contributed by atoms with Gasteiger partial charge in [-0.05, 0) is 6.92 Å². The topological polar surface area (TPSA) is 45.5 Å². The van der Waals surface area contributed by atoms with Crippen molar-refractivity contribution in [2.24, 2.45) is 0 Å². The minimum absolute atomic E-state index is 0.0519. The second-order valence-corrected chi connectivity index (χ2v) is 3.31. The van der Waals surface area contributed by atoms with Gasteiger partial charge in [0.2, 0.25) is 11.8 Å². The first-order valence-corrected chi connectivity index (χ1v) is 4.30. The third-order valence-corrected chi connectivity index (χ3v) is 2.15. The SMILES string of the molecule is CC(=O)N1CC(C)Nc2occc21. The molecule has 2 rings (SSSR count). The predicted octanol–water partition coefficient (Wildman–Crippen LogP) is 1.45. The van der Waals surface area contributed by atoms with Gasteiger partial charge in [-0.3, -0.25) is 4.79 Å². The van der Waals surface area contributed by atoms with Gasteiger partial charge >= 0.3 is 0 Å². The minimum atomic E-state index is 0.0519. The molecule has 1 aliphatic rings. The molecule has 0 saturated heterocycles. The lowest BCUT2D eigenvalue weighted by atomic mass is 10.2. The standard InChI is InChI=1S/C9H12N2O2/c1-6-5-11(7(2)12)8-3-4-13-9(8)10-6/h3-4,6,10H,5H2,1-2H3. The Balaban J connectivity index is 2.38. The quantitative estimate of drug-likeness (QED) is 0.657. The fraction of sp³-hybridized carbons (Fsp3) is 0.444. The van der Waals surface area contributed by atoms with E-state index < -0.39 is 0 Å². The highest BCUT2D eigenvalue weighted by molar-refractivity contribution is 5.95. The lowest BCUT2D eigenvalue weighted by molar-refractivity contribution is -0.116. The molecular weight excluding hydrogens is 168 g/mol. The Bertz CT molecular complexity index is 332. The molecule has 70 valence electrons. The number of amides is 1. The van der Waals surface area contributed by atoms with Crippen molar-refractivity contribution in [3.8, 4) is 0 Å². The zero-order valence-corrected chi connectivity index (χ0v) is 7.70.